The number of anilines is 1. The highest BCUT2D eigenvalue weighted by Gasteiger charge is 2.33. The van der Waals surface area contributed by atoms with Crippen LogP contribution in [-0.2, 0) is 22.6 Å². The van der Waals surface area contributed by atoms with Gasteiger partial charge in [0.15, 0.2) is 0 Å². The van der Waals surface area contributed by atoms with Crippen LogP contribution >= 0.6 is 11.3 Å². The minimum Gasteiger partial charge on any atom is -0.279 e. The first kappa shape index (κ1) is 18.5. The number of nitrogens with zero attached hydrogens (tertiary/aromatic N) is 1. The summed E-state index contributed by atoms with van der Waals surface area (Å²) in [5.74, 6) is 0. The molecule has 2 N–H and O–H groups in total. The van der Waals surface area contributed by atoms with Crippen LogP contribution in [0, 0.1) is 0 Å². The van der Waals surface area contributed by atoms with E-state index in [0.29, 0.717) is 10.6 Å². The lowest BCUT2D eigenvalue weighted by Gasteiger charge is -2.06. The lowest BCUT2D eigenvalue weighted by Crippen LogP contribution is -2.11. The second kappa shape index (κ2) is 6.76. The number of thiophene rings is 1. The van der Waals surface area contributed by atoms with Crippen molar-refractivity contribution in [3.8, 4) is 10.6 Å². The molecule has 0 unspecified atom stereocenters. The van der Waals surface area contributed by atoms with E-state index < -0.39 is 21.9 Å². The SMILES string of the molecule is CCc1ccc(NS(=O)(=O)c2ccc(-c3cc(C(F)(F)F)[nH]n3)s2)cc1. The summed E-state index contributed by atoms with van der Waals surface area (Å²) in [5.41, 5.74) is 0.539. The van der Waals surface area contributed by atoms with Crippen molar-refractivity contribution in [1.29, 1.82) is 0 Å². The van der Waals surface area contributed by atoms with Crippen molar-refractivity contribution in [3.05, 3.63) is 53.7 Å². The largest absolute Gasteiger partial charge is 0.432 e. The van der Waals surface area contributed by atoms with Gasteiger partial charge in [0.25, 0.3) is 10.0 Å². The topological polar surface area (TPSA) is 74.8 Å². The Balaban J connectivity index is 1.82. The number of alkyl halides is 3. The van der Waals surface area contributed by atoms with E-state index in [9.17, 15) is 21.6 Å². The number of halogens is 3. The molecular weight excluding hydrogens is 387 g/mol. The minimum atomic E-state index is -4.54. The van der Waals surface area contributed by atoms with E-state index in [1.807, 2.05) is 24.2 Å². The summed E-state index contributed by atoms with van der Waals surface area (Å²) in [6.07, 6.45) is -3.70. The summed E-state index contributed by atoms with van der Waals surface area (Å²) in [7, 11) is -3.83. The zero-order valence-corrected chi connectivity index (χ0v) is 15.1. The molecule has 3 aromatic rings. The third-order valence-corrected chi connectivity index (χ3v) is 6.58. The molecule has 0 saturated carbocycles. The van der Waals surface area contributed by atoms with Crippen molar-refractivity contribution < 1.29 is 21.6 Å². The Morgan fingerprint density at radius 3 is 2.42 bits per heavy atom. The summed E-state index contributed by atoms with van der Waals surface area (Å²) in [4.78, 5) is 0.318. The minimum absolute atomic E-state index is 0.0105. The smallest absolute Gasteiger partial charge is 0.279 e. The summed E-state index contributed by atoms with van der Waals surface area (Å²) in [6, 6.07) is 10.6. The first-order valence-corrected chi connectivity index (χ1v) is 9.83. The Bertz CT molecular complexity index is 1010. The molecule has 0 bridgehead atoms. The highest BCUT2D eigenvalue weighted by atomic mass is 32.2. The van der Waals surface area contributed by atoms with Crippen LogP contribution in [0.4, 0.5) is 18.9 Å². The average molecular weight is 401 g/mol. The number of sulfonamides is 1. The molecule has 0 spiro atoms. The molecule has 26 heavy (non-hydrogen) atoms. The molecule has 0 radical (unpaired) electrons. The van der Waals surface area contributed by atoms with Gasteiger partial charge in [-0.1, -0.05) is 19.1 Å². The van der Waals surface area contributed by atoms with Crippen LogP contribution in [-0.4, -0.2) is 18.6 Å². The third-order valence-electron chi connectivity index (χ3n) is 3.60. The Morgan fingerprint density at radius 2 is 1.85 bits per heavy atom. The quantitative estimate of drug-likeness (QED) is 0.660. The maximum absolute atomic E-state index is 12.6. The van der Waals surface area contributed by atoms with Gasteiger partial charge < -0.3 is 0 Å². The van der Waals surface area contributed by atoms with Crippen molar-refractivity contribution in [2.45, 2.75) is 23.7 Å². The van der Waals surface area contributed by atoms with Crippen molar-refractivity contribution in [1.82, 2.24) is 10.2 Å². The Labute approximate surface area is 151 Å². The molecule has 2 heterocycles. The summed E-state index contributed by atoms with van der Waals surface area (Å²) >= 11 is 0.843. The van der Waals surface area contributed by atoms with Crippen LogP contribution in [0.5, 0.6) is 0 Å². The van der Waals surface area contributed by atoms with Gasteiger partial charge in [-0.15, -0.1) is 11.3 Å². The Morgan fingerprint density at radius 1 is 1.15 bits per heavy atom. The normalized spacial score (nSPS) is 12.3. The number of H-pyrrole nitrogens is 1. The van der Waals surface area contributed by atoms with Gasteiger partial charge >= 0.3 is 6.18 Å². The molecule has 3 rings (SSSR count). The number of hydrogen-bond donors (Lipinski definition) is 2. The number of hydrogen-bond acceptors (Lipinski definition) is 4. The number of nitrogens with one attached hydrogen (secondary N) is 2. The van der Waals surface area contributed by atoms with E-state index in [0.717, 1.165) is 29.4 Å². The predicted molar refractivity (Wildman–Crippen MR) is 93.5 cm³/mol. The summed E-state index contributed by atoms with van der Waals surface area (Å²) in [6.45, 7) is 1.99. The summed E-state index contributed by atoms with van der Waals surface area (Å²) < 4.78 is 65.3. The Kier molecular flexibility index (Phi) is 4.80. The van der Waals surface area contributed by atoms with Crippen LogP contribution in [0.15, 0.2) is 46.7 Å². The molecule has 0 saturated heterocycles. The second-order valence-electron chi connectivity index (χ2n) is 5.44. The molecular formula is C16H14F3N3O2S2. The maximum atomic E-state index is 12.6. The molecule has 0 amide bonds. The fraction of sp³-hybridized carbons (Fsp3) is 0.188. The lowest BCUT2D eigenvalue weighted by molar-refractivity contribution is -0.141. The van der Waals surface area contributed by atoms with Crippen LogP contribution in [0.3, 0.4) is 0 Å². The summed E-state index contributed by atoms with van der Waals surface area (Å²) in [5, 5.41) is 5.51. The van der Waals surface area contributed by atoms with Crippen molar-refractivity contribution >= 4 is 27.0 Å². The van der Waals surface area contributed by atoms with Crippen LogP contribution < -0.4 is 4.72 Å². The van der Waals surface area contributed by atoms with Crippen LogP contribution in [0.1, 0.15) is 18.2 Å². The monoisotopic (exact) mass is 401 g/mol. The predicted octanol–water partition coefficient (Wildman–Crippen LogP) is 4.52. The number of benzene rings is 1. The van der Waals surface area contributed by atoms with Crippen molar-refractivity contribution in [2.75, 3.05) is 4.72 Å². The van der Waals surface area contributed by atoms with Gasteiger partial charge in [0.2, 0.25) is 0 Å². The molecule has 2 aromatic heterocycles. The van der Waals surface area contributed by atoms with Crippen LogP contribution in [0.2, 0.25) is 0 Å². The molecule has 1 aromatic carbocycles. The van der Waals surface area contributed by atoms with E-state index in [1.54, 1.807) is 12.1 Å². The van der Waals surface area contributed by atoms with Gasteiger partial charge in [-0.3, -0.25) is 9.82 Å². The van der Waals surface area contributed by atoms with Crippen molar-refractivity contribution in [3.63, 3.8) is 0 Å². The highest BCUT2D eigenvalue weighted by molar-refractivity contribution is 7.94. The number of aromatic nitrogens is 2. The van der Waals surface area contributed by atoms with E-state index in [1.165, 1.54) is 12.1 Å². The van der Waals surface area contributed by atoms with E-state index in [-0.39, 0.29) is 9.90 Å². The first-order valence-electron chi connectivity index (χ1n) is 7.53. The van der Waals surface area contributed by atoms with Gasteiger partial charge in [0, 0.05) is 5.69 Å². The molecule has 5 nitrogen and oxygen atoms in total. The fourth-order valence-corrected chi connectivity index (χ4v) is 4.53. The van der Waals surface area contributed by atoms with Gasteiger partial charge in [0.1, 0.15) is 15.6 Å². The Hall–Kier alpha value is -2.33. The standard InChI is InChI=1S/C16H14F3N3O2S2/c1-2-10-3-5-11(6-4-10)22-26(23,24)15-8-7-13(25-15)12-9-14(21-20-12)16(17,18)19/h3-9,22H,2H2,1H3,(H,20,21). The molecule has 0 aliphatic heterocycles. The van der Waals surface area contributed by atoms with Gasteiger partial charge in [0.05, 0.1) is 4.88 Å². The van der Waals surface area contributed by atoms with Crippen molar-refractivity contribution in [2.24, 2.45) is 0 Å². The van der Waals surface area contributed by atoms with Gasteiger partial charge in [-0.05, 0) is 42.3 Å². The molecule has 0 aliphatic rings. The van der Waals surface area contributed by atoms with Gasteiger partial charge in [-0.25, -0.2) is 8.42 Å². The van der Waals surface area contributed by atoms with Crippen LogP contribution in [0.25, 0.3) is 10.6 Å². The average Bonchev–Trinajstić information content (AvgIpc) is 3.24. The molecule has 138 valence electrons. The zero-order valence-electron chi connectivity index (χ0n) is 13.5. The van der Waals surface area contributed by atoms with E-state index in [4.69, 9.17) is 0 Å². The third kappa shape index (κ3) is 3.91. The maximum Gasteiger partial charge on any atom is 0.432 e. The molecule has 0 fully saturated rings. The number of aromatic amines is 1. The molecule has 0 atom stereocenters. The molecule has 0 aliphatic carbocycles. The zero-order chi connectivity index (χ0) is 18.9. The van der Waals surface area contributed by atoms with E-state index in [2.05, 4.69) is 9.82 Å². The fourth-order valence-electron chi connectivity index (χ4n) is 2.21. The highest BCUT2D eigenvalue weighted by Crippen LogP contribution is 2.34. The van der Waals surface area contributed by atoms with E-state index >= 15 is 0 Å². The first-order chi connectivity index (χ1) is 12.2. The number of rotatable bonds is 5. The second-order valence-corrected chi connectivity index (χ2v) is 8.43. The number of aryl methyl sites for hydroxylation is 1. The van der Waals surface area contributed by atoms with Gasteiger partial charge in [-0.2, -0.15) is 18.3 Å². The molecule has 10 heteroatoms. The lowest BCUT2D eigenvalue weighted by atomic mass is 10.2.